The van der Waals surface area contributed by atoms with E-state index in [0.29, 0.717) is 17.3 Å². The number of nitriles is 1. The fourth-order valence-corrected chi connectivity index (χ4v) is 1.66. The van der Waals surface area contributed by atoms with Crippen molar-refractivity contribution in [1.29, 1.82) is 5.26 Å². The van der Waals surface area contributed by atoms with Gasteiger partial charge in [0, 0.05) is 12.2 Å². The minimum absolute atomic E-state index is 0.249. The molecule has 0 aliphatic rings. The third kappa shape index (κ3) is 3.46. The summed E-state index contributed by atoms with van der Waals surface area (Å²) in [6.45, 7) is 13.6. The average Bonchev–Trinajstić information content (AvgIpc) is 2.23. The summed E-state index contributed by atoms with van der Waals surface area (Å²) in [5.41, 5.74) is 2.83. The Hall–Kier alpha value is -1.56. The predicted molar refractivity (Wildman–Crippen MR) is 75.5 cm³/mol. The Bertz CT molecular complexity index is 464. The van der Waals surface area contributed by atoms with E-state index in [0.717, 1.165) is 17.8 Å². The summed E-state index contributed by atoms with van der Waals surface area (Å²) in [6, 6.07) is 4.17. The monoisotopic (exact) mass is 245 g/mol. The molecule has 3 heteroatoms. The molecule has 1 aromatic heterocycles. The maximum Gasteiger partial charge on any atom is 0.144 e. The molecular formula is C15H23N3. The quantitative estimate of drug-likeness (QED) is 0.884. The molecule has 0 radical (unpaired) electrons. The zero-order valence-corrected chi connectivity index (χ0v) is 12.3. The zero-order valence-electron chi connectivity index (χ0n) is 12.3. The average molecular weight is 245 g/mol. The molecular weight excluding hydrogens is 222 g/mol. The van der Waals surface area contributed by atoms with Gasteiger partial charge in [-0.3, -0.25) is 0 Å². The van der Waals surface area contributed by atoms with Crippen molar-refractivity contribution in [1.82, 2.24) is 4.98 Å². The van der Waals surface area contributed by atoms with Crippen LogP contribution in [0.1, 0.15) is 44.5 Å². The molecule has 1 heterocycles. The van der Waals surface area contributed by atoms with Gasteiger partial charge in [0.2, 0.25) is 0 Å². The minimum Gasteiger partial charge on any atom is -0.369 e. The van der Waals surface area contributed by atoms with Gasteiger partial charge in [-0.05, 0) is 36.8 Å². The van der Waals surface area contributed by atoms with Crippen LogP contribution in [0.5, 0.6) is 0 Å². The standard InChI is InChI=1S/C15H23N3/c1-10-7-12(3)18-14(13(10)8-16)17-9-11(2)15(4,5)6/h7,11H,9H2,1-6H3,(H,17,18). The molecule has 1 N–H and O–H groups in total. The molecule has 0 bridgehead atoms. The van der Waals surface area contributed by atoms with Crippen LogP contribution in [0.4, 0.5) is 5.82 Å². The van der Waals surface area contributed by atoms with Crippen LogP contribution in [0.25, 0.3) is 0 Å². The van der Waals surface area contributed by atoms with Gasteiger partial charge in [-0.15, -0.1) is 0 Å². The number of aromatic nitrogens is 1. The van der Waals surface area contributed by atoms with E-state index in [-0.39, 0.29) is 5.41 Å². The topological polar surface area (TPSA) is 48.7 Å². The number of anilines is 1. The SMILES string of the molecule is Cc1cc(C)c(C#N)c(NCC(C)C(C)(C)C)n1. The van der Waals surface area contributed by atoms with Gasteiger partial charge in [-0.1, -0.05) is 27.7 Å². The number of rotatable bonds is 3. The lowest BCUT2D eigenvalue weighted by Crippen LogP contribution is -2.25. The molecule has 1 aromatic rings. The molecule has 1 rings (SSSR count). The fourth-order valence-electron chi connectivity index (χ4n) is 1.66. The molecule has 0 amide bonds. The highest BCUT2D eigenvalue weighted by Crippen LogP contribution is 2.26. The molecule has 0 spiro atoms. The fraction of sp³-hybridized carbons (Fsp3) is 0.600. The first kappa shape index (κ1) is 14.5. The smallest absolute Gasteiger partial charge is 0.144 e. The van der Waals surface area contributed by atoms with Gasteiger partial charge in [-0.2, -0.15) is 5.26 Å². The van der Waals surface area contributed by atoms with E-state index in [2.05, 4.69) is 44.1 Å². The summed E-state index contributed by atoms with van der Waals surface area (Å²) in [4.78, 5) is 4.43. The molecule has 0 saturated heterocycles. The Morgan fingerprint density at radius 3 is 2.50 bits per heavy atom. The van der Waals surface area contributed by atoms with E-state index >= 15 is 0 Å². The lowest BCUT2D eigenvalue weighted by atomic mass is 9.82. The Balaban J connectivity index is 2.89. The number of hydrogen-bond acceptors (Lipinski definition) is 3. The summed E-state index contributed by atoms with van der Waals surface area (Å²) in [7, 11) is 0. The van der Waals surface area contributed by atoms with Crippen molar-refractivity contribution in [3.63, 3.8) is 0 Å². The molecule has 0 aromatic carbocycles. The van der Waals surface area contributed by atoms with Gasteiger partial charge in [-0.25, -0.2) is 4.98 Å². The van der Waals surface area contributed by atoms with Gasteiger partial charge >= 0.3 is 0 Å². The van der Waals surface area contributed by atoms with E-state index in [1.807, 2.05) is 19.9 Å². The van der Waals surface area contributed by atoms with E-state index < -0.39 is 0 Å². The Morgan fingerprint density at radius 2 is 2.00 bits per heavy atom. The van der Waals surface area contributed by atoms with Gasteiger partial charge in [0.05, 0.1) is 5.56 Å². The summed E-state index contributed by atoms with van der Waals surface area (Å²) in [6.07, 6.45) is 0. The van der Waals surface area contributed by atoms with Crippen LogP contribution in [0.3, 0.4) is 0 Å². The molecule has 1 atom stereocenters. The second-order valence-electron chi connectivity index (χ2n) is 6.06. The van der Waals surface area contributed by atoms with Crippen molar-refractivity contribution in [2.45, 2.75) is 41.5 Å². The largest absolute Gasteiger partial charge is 0.369 e. The highest BCUT2D eigenvalue weighted by molar-refractivity contribution is 5.56. The second kappa shape index (κ2) is 5.39. The number of aryl methyl sites for hydroxylation is 2. The Labute approximate surface area is 110 Å². The van der Waals surface area contributed by atoms with Crippen LogP contribution in [-0.2, 0) is 0 Å². The number of pyridine rings is 1. The van der Waals surface area contributed by atoms with Crippen molar-refractivity contribution in [3.8, 4) is 6.07 Å². The summed E-state index contributed by atoms with van der Waals surface area (Å²) in [5, 5.41) is 12.5. The van der Waals surface area contributed by atoms with Crippen LogP contribution >= 0.6 is 0 Å². The maximum absolute atomic E-state index is 9.19. The summed E-state index contributed by atoms with van der Waals surface area (Å²) in [5.74, 6) is 1.22. The highest BCUT2D eigenvalue weighted by atomic mass is 15.0. The Morgan fingerprint density at radius 1 is 1.39 bits per heavy atom. The van der Waals surface area contributed by atoms with E-state index in [1.54, 1.807) is 0 Å². The number of nitrogens with one attached hydrogen (secondary N) is 1. The molecule has 98 valence electrons. The lowest BCUT2D eigenvalue weighted by Gasteiger charge is -2.27. The number of nitrogens with zero attached hydrogens (tertiary/aromatic N) is 2. The lowest BCUT2D eigenvalue weighted by molar-refractivity contribution is 0.274. The van der Waals surface area contributed by atoms with Gasteiger partial charge in [0.15, 0.2) is 0 Å². The first-order valence-electron chi connectivity index (χ1n) is 6.38. The normalized spacial score (nSPS) is 12.9. The highest BCUT2D eigenvalue weighted by Gasteiger charge is 2.20. The second-order valence-corrected chi connectivity index (χ2v) is 6.06. The van der Waals surface area contributed by atoms with Gasteiger partial charge < -0.3 is 5.32 Å². The van der Waals surface area contributed by atoms with Crippen LogP contribution in [0, 0.1) is 36.5 Å². The predicted octanol–water partition coefficient (Wildman–Crippen LogP) is 3.66. The molecule has 0 saturated carbocycles. The van der Waals surface area contributed by atoms with Crippen molar-refractivity contribution >= 4 is 5.82 Å². The van der Waals surface area contributed by atoms with Crippen molar-refractivity contribution in [2.24, 2.45) is 11.3 Å². The Kier molecular flexibility index (Phi) is 4.34. The van der Waals surface area contributed by atoms with Gasteiger partial charge in [0.1, 0.15) is 11.9 Å². The van der Waals surface area contributed by atoms with Crippen molar-refractivity contribution in [2.75, 3.05) is 11.9 Å². The zero-order chi connectivity index (χ0) is 13.9. The van der Waals surface area contributed by atoms with Crippen molar-refractivity contribution in [3.05, 3.63) is 22.9 Å². The third-order valence-corrected chi connectivity index (χ3v) is 3.51. The minimum atomic E-state index is 0.249. The van der Waals surface area contributed by atoms with Gasteiger partial charge in [0.25, 0.3) is 0 Å². The molecule has 1 unspecified atom stereocenters. The molecule has 18 heavy (non-hydrogen) atoms. The van der Waals surface area contributed by atoms with Crippen molar-refractivity contribution < 1.29 is 0 Å². The summed E-state index contributed by atoms with van der Waals surface area (Å²) >= 11 is 0. The third-order valence-electron chi connectivity index (χ3n) is 3.51. The van der Waals surface area contributed by atoms with Crippen LogP contribution in [0.2, 0.25) is 0 Å². The molecule has 3 nitrogen and oxygen atoms in total. The van der Waals surface area contributed by atoms with Crippen LogP contribution in [0.15, 0.2) is 6.07 Å². The van der Waals surface area contributed by atoms with E-state index in [9.17, 15) is 5.26 Å². The summed E-state index contributed by atoms with van der Waals surface area (Å²) < 4.78 is 0. The maximum atomic E-state index is 9.19. The van der Waals surface area contributed by atoms with E-state index in [1.165, 1.54) is 0 Å². The van der Waals surface area contributed by atoms with Crippen LogP contribution in [-0.4, -0.2) is 11.5 Å². The van der Waals surface area contributed by atoms with Crippen LogP contribution < -0.4 is 5.32 Å². The molecule has 0 aliphatic heterocycles. The molecule has 0 aliphatic carbocycles. The molecule has 0 fully saturated rings. The first-order valence-corrected chi connectivity index (χ1v) is 6.38. The number of hydrogen-bond donors (Lipinski definition) is 1. The van der Waals surface area contributed by atoms with E-state index in [4.69, 9.17) is 0 Å². The first-order chi connectivity index (χ1) is 8.25.